The minimum atomic E-state index is -1.24. The zero-order valence-corrected chi connectivity index (χ0v) is 25.8. The van der Waals surface area contributed by atoms with Crippen molar-refractivity contribution in [2.45, 2.75) is 47.0 Å². The van der Waals surface area contributed by atoms with Gasteiger partial charge in [-0.3, -0.25) is 14.4 Å². The summed E-state index contributed by atoms with van der Waals surface area (Å²) in [6, 6.07) is 0. The molecule has 6 rings (SSSR count). The minimum Gasteiger partial charge on any atom is -0.515 e. The van der Waals surface area contributed by atoms with Gasteiger partial charge in [0.2, 0.25) is 0 Å². The summed E-state index contributed by atoms with van der Waals surface area (Å²) in [5.74, 6) is -3.83. The third kappa shape index (κ3) is 4.54. The number of nitrogens with one attached hydrogen (secondary N) is 1. The monoisotopic (exact) mass is 606 g/mol. The lowest BCUT2D eigenvalue weighted by atomic mass is 9.85. The maximum absolute atomic E-state index is 14.0. The van der Waals surface area contributed by atoms with E-state index in [9.17, 15) is 24.6 Å². The van der Waals surface area contributed by atoms with Gasteiger partial charge in [-0.05, 0) is 61.6 Å². The van der Waals surface area contributed by atoms with E-state index < -0.39 is 23.6 Å². The molecule has 5 aliphatic heterocycles. The number of carboxylic acids is 1. The number of Topliss-reactive ketones (excluding diaryl/α,β-unsaturated/α-hetero) is 1. The second kappa shape index (κ2) is 11.1. The van der Waals surface area contributed by atoms with Crippen LogP contribution in [0.5, 0.6) is 0 Å². The molecule has 1 saturated heterocycles. The number of aliphatic carboxylic acids is 1. The fraction of sp³-hybridized carbons (Fsp3) is 0.314. The van der Waals surface area contributed by atoms with Crippen molar-refractivity contribution in [1.82, 2.24) is 5.32 Å². The number of ether oxygens (including phenoxy) is 1. The van der Waals surface area contributed by atoms with Crippen molar-refractivity contribution in [3.63, 3.8) is 0 Å². The number of allylic oxidation sites excluding steroid dienone is 11. The van der Waals surface area contributed by atoms with E-state index in [-0.39, 0.29) is 24.7 Å². The highest BCUT2D eigenvalue weighted by Gasteiger charge is 2.51. The average molecular weight is 607 g/mol. The van der Waals surface area contributed by atoms with Crippen LogP contribution < -0.4 is 5.32 Å². The van der Waals surface area contributed by atoms with Gasteiger partial charge in [-0.1, -0.05) is 26.5 Å². The predicted octanol–water partition coefficient (Wildman–Crippen LogP) is 5.29. The highest BCUT2D eigenvalue weighted by Crippen LogP contribution is 2.47. The molecule has 3 N–H and O–H groups in total. The summed E-state index contributed by atoms with van der Waals surface area (Å²) in [6.45, 7) is 11.7. The van der Waals surface area contributed by atoms with Gasteiger partial charge >= 0.3 is 11.9 Å². The predicted molar refractivity (Wildman–Crippen MR) is 170 cm³/mol. The molecule has 3 atom stereocenters. The molecule has 1 saturated carbocycles. The van der Waals surface area contributed by atoms with Crippen molar-refractivity contribution in [1.29, 1.82) is 0 Å². The lowest BCUT2D eigenvalue weighted by Crippen LogP contribution is -2.26. The topological polar surface area (TPSA) is 150 Å². The molecule has 0 aromatic heterocycles. The number of aliphatic imine (C=N–C) groups is 3. The first-order chi connectivity index (χ1) is 21.5. The van der Waals surface area contributed by atoms with E-state index in [0.29, 0.717) is 68.6 Å². The van der Waals surface area contributed by atoms with Crippen LogP contribution in [0.15, 0.2) is 120 Å². The van der Waals surface area contributed by atoms with Crippen LogP contribution >= 0.6 is 0 Å². The van der Waals surface area contributed by atoms with Crippen LogP contribution in [0.2, 0.25) is 0 Å². The van der Waals surface area contributed by atoms with E-state index in [1.807, 2.05) is 32.9 Å². The molecule has 0 amide bonds. The normalized spacial score (nSPS) is 26.2. The summed E-state index contributed by atoms with van der Waals surface area (Å²) < 4.78 is 5.11. The fourth-order valence-electron chi connectivity index (χ4n) is 6.99. The second-order valence-electron chi connectivity index (χ2n) is 11.7. The molecule has 230 valence electrons. The number of fused-ring (bicyclic) bond motifs is 5. The molecule has 10 nitrogen and oxygen atoms in total. The Kier molecular flexibility index (Phi) is 7.39. The number of carboxylic acid groups (broad SMARTS) is 1. The molecular formula is C35H34N4O6. The molecule has 8 bridgehead atoms. The third-order valence-electron chi connectivity index (χ3n) is 9.40. The van der Waals surface area contributed by atoms with Gasteiger partial charge in [0.05, 0.1) is 47.6 Å². The average Bonchev–Trinajstić information content (AvgIpc) is 3.76. The Morgan fingerprint density at radius 1 is 1.09 bits per heavy atom. The van der Waals surface area contributed by atoms with Crippen LogP contribution in [0.4, 0.5) is 0 Å². The second-order valence-corrected chi connectivity index (χ2v) is 11.7. The molecule has 0 radical (unpaired) electrons. The number of carbonyl (C=O) groups excluding carboxylic acids is 2. The molecule has 3 unspecified atom stereocenters. The van der Waals surface area contributed by atoms with Crippen LogP contribution in [0.25, 0.3) is 0 Å². The largest absolute Gasteiger partial charge is 0.515 e. The lowest BCUT2D eigenvalue weighted by Gasteiger charge is -2.18. The van der Waals surface area contributed by atoms with E-state index >= 15 is 0 Å². The van der Waals surface area contributed by atoms with Gasteiger partial charge in [-0.2, -0.15) is 0 Å². The van der Waals surface area contributed by atoms with E-state index in [1.165, 1.54) is 7.11 Å². The fourth-order valence-corrected chi connectivity index (χ4v) is 6.99. The Bertz CT molecular complexity index is 1870. The summed E-state index contributed by atoms with van der Waals surface area (Å²) in [5.41, 5.74) is 9.16. The number of aliphatic hydroxyl groups excluding tert-OH is 1. The number of rotatable bonds is 6. The maximum atomic E-state index is 14.0. The molecule has 0 aromatic rings. The first-order valence-electron chi connectivity index (χ1n) is 14.9. The number of aliphatic hydroxyl groups is 1. The number of carbonyl (C=O) groups is 3. The Morgan fingerprint density at radius 2 is 1.84 bits per heavy atom. The van der Waals surface area contributed by atoms with Crippen molar-refractivity contribution in [2.75, 3.05) is 7.11 Å². The number of ketones is 1. The van der Waals surface area contributed by atoms with Gasteiger partial charge in [0.15, 0.2) is 5.78 Å². The molecule has 1 aliphatic carbocycles. The zero-order chi connectivity index (χ0) is 32.3. The van der Waals surface area contributed by atoms with E-state index in [0.717, 1.165) is 28.7 Å². The molecule has 2 fully saturated rings. The zero-order valence-electron chi connectivity index (χ0n) is 25.8. The first kappa shape index (κ1) is 29.9. The van der Waals surface area contributed by atoms with Crippen molar-refractivity contribution >= 4 is 34.9 Å². The maximum Gasteiger partial charge on any atom is 0.321 e. The summed E-state index contributed by atoms with van der Waals surface area (Å²) in [7, 11) is 1.24. The van der Waals surface area contributed by atoms with Crippen molar-refractivity contribution in [3.05, 3.63) is 105 Å². The van der Waals surface area contributed by atoms with Crippen LogP contribution in [-0.2, 0) is 19.1 Å². The number of hydrogen-bond acceptors (Lipinski definition) is 9. The summed E-state index contributed by atoms with van der Waals surface area (Å²) >= 11 is 0. The highest BCUT2D eigenvalue weighted by molar-refractivity contribution is 6.42. The smallest absolute Gasteiger partial charge is 0.321 e. The molecule has 45 heavy (non-hydrogen) atoms. The molecule has 6 aliphatic rings. The minimum absolute atomic E-state index is 0.0981. The van der Waals surface area contributed by atoms with E-state index in [2.05, 4.69) is 11.9 Å². The molecule has 10 heteroatoms. The van der Waals surface area contributed by atoms with Gasteiger partial charge in [0.25, 0.3) is 0 Å². The van der Waals surface area contributed by atoms with Gasteiger partial charge in [-0.25, -0.2) is 15.0 Å². The SMILES string of the molecule is C=CC1=C(C)C2=NC1=CC1=NC(=C(CC)C1=CO)C=C1N=C3C(=C1C)C(=O)C(C(=O)OC)C3=C1NC(=C2)C(C)C1CCC(=O)O. The van der Waals surface area contributed by atoms with Crippen molar-refractivity contribution in [2.24, 2.45) is 32.7 Å². The number of esters is 1. The number of methoxy groups -OCH3 is 1. The van der Waals surface area contributed by atoms with E-state index in [4.69, 9.17) is 19.7 Å². The third-order valence-corrected chi connectivity index (χ3v) is 9.40. The van der Waals surface area contributed by atoms with Crippen molar-refractivity contribution in [3.8, 4) is 0 Å². The summed E-state index contributed by atoms with van der Waals surface area (Å²) in [4.78, 5) is 53.6. The first-order valence-corrected chi connectivity index (χ1v) is 14.9. The Labute approximate surface area is 260 Å². The van der Waals surface area contributed by atoms with Gasteiger partial charge in [0, 0.05) is 51.9 Å². The van der Waals surface area contributed by atoms with Crippen LogP contribution in [-0.4, -0.2) is 52.2 Å². The summed E-state index contributed by atoms with van der Waals surface area (Å²) in [5, 5.41) is 23.4. The Morgan fingerprint density at radius 3 is 2.49 bits per heavy atom. The van der Waals surface area contributed by atoms with E-state index in [1.54, 1.807) is 19.1 Å². The van der Waals surface area contributed by atoms with Gasteiger partial charge in [0.1, 0.15) is 5.92 Å². The van der Waals surface area contributed by atoms with Crippen LogP contribution in [0, 0.1) is 17.8 Å². The Balaban J connectivity index is 1.69. The standard InChI is InChI=1S/C35H34N4O6/c1-7-18-15(3)22-11-23-16(4)20(9-10-28(41)42)32(38-23)30-31(35(44)45-6)34(43)29-17(5)24(39-33(29)30)12-26-19(8-2)21(14-40)27(37-26)13-25(18)36-22/h7,11-14,16,20,31,38,40H,1,8-10H2,2-6H3,(H,41,42). The highest BCUT2D eigenvalue weighted by atomic mass is 16.5. The number of hydrogen-bond donors (Lipinski definition) is 3. The van der Waals surface area contributed by atoms with Crippen LogP contribution in [0.1, 0.15) is 47.0 Å². The van der Waals surface area contributed by atoms with Crippen LogP contribution in [0.3, 0.4) is 0 Å². The summed E-state index contributed by atoms with van der Waals surface area (Å²) in [6.07, 6.45) is 9.09. The quantitative estimate of drug-likeness (QED) is 0.211. The van der Waals surface area contributed by atoms with Crippen molar-refractivity contribution < 1.29 is 29.3 Å². The molecule has 0 spiro atoms. The lowest BCUT2D eigenvalue weighted by molar-refractivity contribution is -0.146. The van der Waals surface area contributed by atoms with Gasteiger partial charge in [-0.15, -0.1) is 0 Å². The van der Waals surface area contributed by atoms with Gasteiger partial charge < -0.3 is 20.3 Å². The molecule has 5 heterocycles. The molecule has 0 aromatic carbocycles. The Hall–Kier alpha value is -5.12. The number of nitrogens with zero attached hydrogens (tertiary/aromatic N) is 3. The molecular weight excluding hydrogens is 572 g/mol.